The van der Waals surface area contributed by atoms with E-state index >= 15 is 0 Å². The van der Waals surface area contributed by atoms with Crippen molar-refractivity contribution in [3.8, 4) is 34.2 Å². The molecule has 0 unspecified atom stereocenters. The van der Waals surface area contributed by atoms with Gasteiger partial charge in [0, 0.05) is 16.7 Å². The standard InChI is InChI=1S/C21H19N3O/c1-3-17-19(14-9-11-16(25-2)12-10-14)18(13-22)21(23)24-20(17)15-7-5-4-6-8-15/h4-12H,3H2,1-2H3,(H2,23,24)/p+1. The number of nitrogens with two attached hydrogens (primary N) is 1. The summed E-state index contributed by atoms with van der Waals surface area (Å²) in [5.74, 6) is 1.16. The Balaban J connectivity index is 2.31. The molecule has 1 aromatic heterocycles. The quantitative estimate of drug-likeness (QED) is 0.789. The minimum absolute atomic E-state index is 0.379. The van der Waals surface area contributed by atoms with Gasteiger partial charge in [-0.2, -0.15) is 5.26 Å². The third kappa shape index (κ3) is 3.05. The van der Waals surface area contributed by atoms with Crippen molar-refractivity contribution in [1.82, 2.24) is 0 Å². The van der Waals surface area contributed by atoms with Gasteiger partial charge < -0.3 is 4.74 Å². The van der Waals surface area contributed by atoms with E-state index in [9.17, 15) is 5.26 Å². The molecule has 0 spiro atoms. The highest BCUT2D eigenvalue weighted by atomic mass is 16.5. The van der Waals surface area contributed by atoms with Crippen LogP contribution < -0.4 is 15.5 Å². The molecule has 0 aliphatic heterocycles. The fourth-order valence-corrected chi connectivity index (χ4v) is 3.08. The van der Waals surface area contributed by atoms with E-state index in [1.54, 1.807) is 7.11 Å². The molecular weight excluding hydrogens is 310 g/mol. The van der Waals surface area contributed by atoms with Gasteiger partial charge in [0.1, 0.15) is 23.1 Å². The molecule has 0 aliphatic carbocycles. The molecule has 0 fully saturated rings. The number of rotatable bonds is 4. The Hall–Kier alpha value is -3.32. The average molecular weight is 330 g/mol. The van der Waals surface area contributed by atoms with Gasteiger partial charge in [0.05, 0.1) is 7.11 Å². The molecule has 3 aromatic rings. The van der Waals surface area contributed by atoms with Crippen molar-refractivity contribution in [3.63, 3.8) is 0 Å². The first-order valence-corrected chi connectivity index (χ1v) is 8.17. The second-order valence-corrected chi connectivity index (χ2v) is 5.70. The average Bonchev–Trinajstić information content (AvgIpc) is 2.68. The maximum Gasteiger partial charge on any atom is 0.289 e. The fourth-order valence-electron chi connectivity index (χ4n) is 3.08. The number of benzene rings is 2. The second kappa shape index (κ2) is 7.06. The number of hydrogen-bond acceptors (Lipinski definition) is 3. The number of pyridine rings is 1. The van der Waals surface area contributed by atoms with Crippen LogP contribution in [0, 0.1) is 11.3 Å². The van der Waals surface area contributed by atoms with E-state index in [1.807, 2.05) is 54.6 Å². The number of H-pyrrole nitrogens is 1. The second-order valence-electron chi connectivity index (χ2n) is 5.70. The van der Waals surface area contributed by atoms with Crippen LogP contribution in [0.3, 0.4) is 0 Å². The van der Waals surface area contributed by atoms with Crippen LogP contribution >= 0.6 is 0 Å². The summed E-state index contributed by atoms with van der Waals surface area (Å²) in [5, 5.41) is 9.67. The highest BCUT2D eigenvalue weighted by molar-refractivity contribution is 5.82. The van der Waals surface area contributed by atoms with Gasteiger partial charge in [-0.3, -0.25) is 5.73 Å². The summed E-state index contributed by atoms with van der Waals surface area (Å²) in [6.45, 7) is 2.08. The normalized spacial score (nSPS) is 10.3. The third-order valence-electron chi connectivity index (χ3n) is 4.29. The molecule has 4 nitrogen and oxygen atoms in total. The number of aromatic nitrogens is 1. The van der Waals surface area contributed by atoms with E-state index in [4.69, 9.17) is 10.5 Å². The summed E-state index contributed by atoms with van der Waals surface area (Å²) in [6, 6.07) is 20.0. The van der Waals surface area contributed by atoms with Crippen LogP contribution in [0.5, 0.6) is 5.75 Å². The molecule has 4 heteroatoms. The van der Waals surface area contributed by atoms with Gasteiger partial charge in [-0.05, 0) is 24.1 Å². The molecule has 0 amide bonds. The van der Waals surface area contributed by atoms with Crippen molar-refractivity contribution in [2.45, 2.75) is 13.3 Å². The van der Waals surface area contributed by atoms with Crippen LogP contribution in [0.25, 0.3) is 22.4 Å². The molecule has 0 radical (unpaired) electrons. The zero-order chi connectivity index (χ0) is 17.8. The first kappa shape index (κ1) is 16.5. The van der Waals surface area contributed by atoms with Gasteiger partial charge in [-0.1, -0.05) is 49.4 Å². The summed E-state index contributed by atoms with van der Waals surface area (Å²) in [6.07, 6.45) is 0.775. The van der Waals surface area contributed by atoms with Crippen molar-refractivity contribution in [2.24, 2.45) is 0 Å². The number of hydrogen-bond donors (Lipinski definition) is 1. The molecule has 3 rings (SSSR count). The minimum atomic E-state index is 0.379. The Bertz CT molecular complexity index is 926. The number of anilines is 1. The SMILES string of the molecule is CCc1c(-c2ccccc2)[nH+]c(N)c(C#N)c1-c1ccc(OC)cc1. The third-order valence-corrected chi connectivity index (χ3v) is 4.29. The number of ether oxygens (including phenoxy) is 1. The largest absolute Gasteiger partial charge is 0.497 e. The van der Waals surface area contributed by atoms with Crippen LogP contribution in [0.2, 0.25) is 0 Å². The van der Waals surface area contributed by atoms with E-state index in [2.05, 4.69) is 18.0 Å². The topological polar surface area (TPSA) is 73.2 Å². The predicted octanol–water partition coefficient (Wildman–Crippen LogP) is 3.86. The first-order chi connectivity index (χ1) is 12.2. The highest BCUT2D eigenvalue weighted by Crippen LogP contribution is 2.35. The van der Waals surface area contributed by atoms with E-state index < -0.39 is 0 Å². The monoisotopic (exact) mass is 330 g/mol. The van der Waals surface area contributed by atoms with Crippen LogP contribution in [0.1, 0.15) is 18.1 Å². The van der Waals surface area contributed by atoms with Crippen LogP contribution in [0.15, 0.2) is 54.6 Å². The summed E-state index contributed by atoms with van der Waals surface area (Å²) < 4.78 is 5.24. The summed E-state index contributed by atoms with van der Waals surface area (Å²) >= 11 is 0. The molecule has 0 aliphatic rings. The number of nitrogen functional groups attached to an aromatic ring is 1. The van der Waals surface area contributed by atoms with Crippen molar-refractivity contribution in [3.05, 3.63) is 65.7 Å². The van der Waals surface area contributed by atoms with Gasteiger partial charge in [0.15, 0.2) is 0 Å². The van der Waals surface area contributed by atoms with Crippen molar-refractivity contribution >= 4 is 5.82 Å². The van der Waals surface area contributed by atoms with E-state index in [0.29, 0.717) is 11.4 Å². The van der Waals surface area contributed by atoms with E-state index in [1.165, 1.54) is 0 Å². The Kier molecular flexibility index (Phi) is 4.67. The number of methoxy groups -OCH3 is 1. The van der Waals surface area contributed by atoms with E-state index in [0.717, 1.165) is 40.1 Å². The zero-order valence-electron chi connectivity index (χ0n) is 14.3. The van der Waals surface area contributed by atoms with Gasteiger partial charge in [-0.15, -0.1) is 0 Å². The Morgan fingerprint density at radius 1 is 1.04 bits per heavy atom. The Labute approximate surface area is 147 Å². The molecular formula is C21H20N3O+. The van der Waals surface area contributed by atoms with Crippen LogP contribution in [-0.4, -0.2) is 7.11 Å². The fraction of sp³-hybridized carbons (Fsp3) is 0.143. The number of nitriles is 1. The smallest absolute Gasteiger partial charge is 0.289 e. The van der Waals surface area contributed by atoms with Crippen molar-refractivity contribution < 1.29 is 9.72 Å². The summed E-state index contributed by atoms with van der Waals surface area (Å²) in [7, 11) is 1.64. The Morgan fingerprint density at radius 2 is 1.72 bits per heavy atom. The lowest BCUT2D eigenvalue weighted by molar-refractivity contribution is -0.347. The highest BCUT2D eigenvalue weighted by Gasteiger charge is 2.23. The van der Waals surface area contributed by atoms with Gasteiger partial charge in [0.2, 0.25) is 0 Å². The van der Waals surface area contributed by atoms with Crippen molar-refractivity contribution in [2.75, 3.05) is 12.8 Å². The molecule has 3 N–H and O–H groups in total. The molecule has 0 saturated carbocycles. The zero-order valence-corrected chi connectivity index (χ0v) is 14.3. The molecule has 124 valence electrons. The number of aromatic amines is 1. The predicted molar refractivity (Wildman–Crippen MR) is 98.9 cm³/mol. The van der Waals surface area contributed by atoms with Crippen LogP contribution in [0.4, 0.5) is 5.82 Å². The molecule has 2 aromatic carbocycles. The number of nitrogens with one attached hydrogen (secondary N) is 1. The maximum absolute atomic E-state index is 9.67. The molecule has 25 heavy (non-hydrogen) atoms. The van der Waals surface area contributed by atoms with Gasteiger partial charge >= 0.3 is 0 Å². The first-order valence-electron chi connectivity index (χ1n) is 8.17. The van der Waals surface area contributed by atoms with Crippen LogP contribution in [-0.2, 0) is 6.42 Å². The van der Waals surface area contributed by atoms with E-state index in [-0.39, 0.29) is 0 Å². The maximum atomic E-state index is 9.67. The Morgan fingerprint density at radius 3 is 2.28 bits per heavy atom. The van der Waals surface area contributed by atoms with Gasteiger partial charge in [0.25, 0.3) is 5.82 Å². The molecule has 0 saturated heterocycles. The van der Waals surface area contributed by atoms with Gasteiger partial charge in [-0.25, -0.2) is 4.98 Å². The lowest BCUT2D eigenvalue weighted by Gasteiger charge is -2.14. The lowest BCUT2D eigenvalue weighted by Crippen LogP contribution is -2.19. The molecule has 1 heterocycles. The lowest BCUT2D eigenvalue weighted by atomic mass is 9.90. The minimum Gasteiger partial charge on any atom is -0.497 e. The summed E-state index contributed by atoms with van der Waals surface area (Å²) in [5.41, 5.74) is 11.6. The summed E-state index contributed by atoms with van der Waals surface area (Å²) in [4.78, 5) is 3.23. The number of nitrogens with zero attached hydrogens (tertiary/aromatic N) is 1. The van der Waals surface area contributed by atoms with Crippen molar-refractivity contribution in [1.29, 1.82) is 5.26 Å². The molecule has 0 bridgehead atoms. The molecule has 0 atom stereocenters.